The molecule has 5 heteroatoms. The molecule has 2 heterocycles. The lowest BCUT2D eigenvalue weighted by molar-refractivity contribution is 0.0322. The smallest absolute Gasteiger partial charge is 0.228 e. The standard InChI is InChI=1S/C13H23N3O2/c1-13(2,3)12-15-11(18-16-12)6-9-17-10-4-7-14-8-5-10/h10,14H,4-9H2,1-3H3. The Morgan fingerprint density at radius 2 is 2.06 bits per heavy atom. The van der Waals surface area contributed by atoms with Crippen LogP contribution in [0.4, 0.5) is 0 Å². The molecule has 102 valence electrons. The minimum atomic E-state index is -0.0579. The normalized spacial score (nSPS) is 18.2. The molecule has 0 saturated carbocycles. The van der Waals surface area contributed by atoms with Gasteiger partial charge in [0.2, 0.25) is 5.89 Å². The number of hydrogen-bond acceptors (Lipinski definition) is 5. The zero-order valence-electron chi connectivity index (χ0n) is 11.5. The van der Waals surface area contributed by atoms with Crippen molar-refractivity contribution < 1.29 is 9.26 Å². The van der Waals surface area contributed by atoms with E-state index in [2.05, 4.69) is 36.2 Å². The van der Waals surface area contributed by atoms with E-state index in [0.29, 0.717) is 25.0 Å². The van der Waals surface area contributed by atoms with Crippen LogP contribution in [0, 0.1) is 0 Å². The van der Waals surface area contributed by atoms with E-state index in [1.807, 2.05) is 0 Å². The molecule has 0 bridgehead atoms. The zero-order valence-corrected chi connectivity index (χ0v) is 11.5. The number of aromatic nitrogens is 2. The Hall–Kier alpha value is -0.940. The number of ether oxygens (including phenoxy) is 1. The maximum atomic E-state index is 5.81. The Kier molecular flexibility index (Phi) is 4.35. The van der Waals surface area contributed by atoms with Gasteiger partial charge in [-0.05, 0) is 25.9 Å². The highest BCUT2D eigenvalue weighted by Gasteiger charge is 2.21. The first-order valence-electron chi connectivity index (χ1n) is 6.71. The van der Waals surface area contributed by atoms with Gasteiger partial charge in [0, 0.05) is 5.41 Å². The highest BCUT2D eigenvalue weighted by molar-refractivity contribution is 4.99. The van der Waals surface area contributed by atoms with Crippen molar-refractivity contribution in [1.82, 2.24) is 15.5 Å². The maximum Gasteiger partial charge on any atom is 0.228 e. The summed E-state index contributed by atoms with van der Waals surface area (Å²) in [6.45, 7) is 9.00. The SMILES string of the molecule is CC(C)(C)c1noc(CCOC2CCNCC2)n1. The third kappa shape index (κ3) is 3.78. The molecule has 2 rings (SSSR count). The van der Waals surface area contributed by atoms with Crippen LogP contribution in [0.3, 0.4) is 0 Å². The Morgan fingerprint density at radius 1 is 1.33 bits per heavy atom. The molecule has 0 amide bonds. The Labute approximate surface area is 108 Å². The van der Waals surface area contributed by atoms with E-state index < -0.39 is 0 Å². The first-order valence-corrected chi connectivity index (χ1v) is 6.71. The fourth-order valence-corrected chi connectivity index (χ4v) is 1.94. The summed E-state index contributed by atoms with van der Waals surface area (Å²) >= 11 is 0. The molecule has 5 nitrogen and oxygen atoms in total. The molecule has 1 fully saturated rings. The van der Waals surface area contributed by atoms with Gasteiger partial charge in [-0.1, -0.05) is 25.9 Å². The van der Waals surface area contributed by atoms with Crippen molar-refractivity contribution in [3.8, 4) is 0 Å². The third-order valence-corrected chi connectivity index (χ3v) is 3.09. The van der Waals surface area contributed by atoms with Crippen molar-refractivity contribution in [1.29, 1.82) is 0 Å². The fourth-order valence-electron chi connectivity index (χ4n) is 1.94. The van der Waals surface area contributed by atoms with E-state index in [9.17, 15) is 0 Å². The molecular formula is C13H23N3O2. The molecule has 1 aliphatic heterocycles. The van der Waals surface area contributed by atoms with E-state index in [-0.39, 0.29) is 5.41 Å². The Bertz CT molecular complexity index is 365. The summed E-state index contributed by atoms with van der Waals surface area (Å²) in [4.78, 5) is 4.39. The van der Waals surface area contributed by atoms with Crippen LogP contribution in [-0.4, -0.2) is 35.9 Å². The van der Waals surface area contributed by atoms with Crippen molar-refractivity contribution in [3.05, 3.63) is 11.7 Å². The van der Waals surface area contributed by atoms with Gasteiger partial charge in [0.15, 0.2) is 5.82 Å². The van der Waals surface area contributed by atoms with E-state index in [0.717, 1.165) is 31.8 Å². The molecule has 1 saturated heterocycles. The topological polar surface area (TPSA) is 60.2 Å². The van der Waals surface area contributed by atoms with Gasteiger partial charge in [0.05, 0.1) is 19.1 Å². The quantitative estimate of drug-likeness (QED) is 0.884. The van der Waals surface area contributed by atoms with Crippen LogP contribution in [0.5, 0.6) is 0 Å². The van der Waals surface area contributed by atoms with E-state index in [1.54, 1.807) is 0 Å². The number of piperidine rings is 1. The minimum absolute atomic E-state index is 0.0579. The van der Waals surface area contributed by atoms with Crippen LogP contribution < -0.4 is 5.32 Å². The second-order valence-corrected chi connectivity index (χ2v) is 5.83. The summed E-state index contributed by atoms with van der Waals surface area (Å²) in [7, 11) is 0. The lowest BCUT2D eigenvalue weighted by Crippen LogP contribution is -2.32. The van der Waals surface area contributed by atoms with Gasteiger partial charge in [0.25, 0.3) is 0 Å². The van der Waals surface area contributed by atoms with Crippen molar-refractivity contribution >= 4 is 0 Å². The van der Waals surface area contributed by atoms with Gasteiger partial charge in [-0.3, -0.25) is 0 Å². The number of rotatable bonds is 4. The van der Waals surface area contributed by atoms with Gasteiger partial charge in [-0.2, -0.15) is 4.98 Å². The monoisotopic (exact) mass is 253 g/mol. The Morgan fingerprint density at radius 3 is 2.67 bits per heavy atom. The highest BCUT2D eigenvalue weighted by Crippen LogP contribution is 2.18. The summed E-state index contributed by atoms with van der Waals surface area (Å²) in [6.07, 6.45) is 3.28. The van der Waals surface area contributed by atoms with Gasteiger partial charge in [-0.25, -0.2) is 0 Å². The minimum Gasteiger partial charge on any atom is -0.378 e. The molecule has 1 aliphatic rings. The van der Waals surface area contributed by atoms with Crippen molar-refractivity contribution in [2.45, 2.75) is 51.6 Å². The van der Waals surface area contributed by atoms with Crippen LogP contribution in [-0.2, 0) is 16.6 Å². The Balaban J connectivity index is 1.74. The van der Waals surface area contributed by atoms with Crippen LogP contribution in [0.2, 0.25) is 0 Å². The average Bonchev–Trinajstić information content (AvgIpc) is 2.79. The number of nitrogens with zero attached hydrogens (tertiary/aromatic N) is 2. The van der Waals surface area contributed by atoms with E-state index >= 15 is 0 Å². The number of nitrogens with one attached hydrogen (secondary N) is 1. The zero-order chi connectivity index (χ0) is 13.0. The largest absolute Gasteiger partial charge is 0.378 e. The molecule has 0 unspecified atom stereocenters. The molecule has 1 aromatic heterocycles. The summed E-state index contributed by atoms with van der Waals surface area (Å²) in [5.41, 5.74) is -0.0579. The first kappa shape index (κ1) is 13.5. The predicted octanol–water partition coefficient (Wildman–Crippen LogP) is 1.68. The van der Waals surface area contributed by atoms with Crippen molar-refractivity contribution in [3.63, 3.8) is 0 Å². The van der Waals surface area contributed by atoms with Crippen LogP contribution in [0.15, 0.2) is 4.52 Å². The van der Waals surface area contributed by atoms with E-state index in [4.69, 9.17) is 9.26 Å². The van der Waals surface area contributed by atoms with Gasteiger partial charge in [0.1, 0.15) is 0 Å². The molecular weight excluding hydrogens is 230 g/mol. The van der Waals surface area contributed by atoms with E-state index in [1.165, 1.54) is 0 Å². The fraction of sp³-hybridized carbons (Fsp3) is 0.846. The molecule has 18 heavy (non-hydrogen) atoms. The van der Waals surface area contributed by atoms with Gasteiger partial charge in [-0.15, -0.1) is 0 Å². The summed E-state index contributed by atoms with van der Waals surface area (Å²) in [5.74, 6) is 1.44. The lowest BCUT2D eigenvalue weighted by Gasteiger charge is -2.22. The summed E-state index contributed by atoms with van der Waals surface area (Å²) in [6, 6.07) is 0. The van der Waals surface area contributed by atoms with Crippen LogP contribution in [0.25, 0.3) is 0 Å². The molecule has 0 spiro atoms. The lowest BCUT2D eigenvalue weighted by atomic mass is 9.96. The van der Waals surface area contributed by atoms with Crippen LogP contribution >= 0.6 is 0 Å². The summed E-state index contributed by atoms with van der Waals surface area (Å²) < 4.78 is 11.0. The molecule has 1 N–H and O–H groups in total. The molecule has 0 aliphatic carbocycles. The predicted molar refractivity (Wildman–Crippen MR) is 68.5 cm³/mol. The summed E-state index contributed by atoms with van der Waals surface area (Å²) in [5, 5.41) is 7.32. The third-order valence-electron chi connectivity index (χ3n) is 3.09. The molecule has 0 atom stereocenters. The van der Waals surface area contributed by atoms with Gasteiger partial charge >= 0.3 is 0 Å². The molecule has 1 aromatic rings. The highest BCUT2D eigenvalue weighted by atomic mass is 16.5. The second-order valence-electron chi connectivity index (χ2n) is 5.83. The van der Waals surface area contributed by atoms with Crippen molar-refractivity contribution in [2.75, 3.05) is 19.7 Å². The van der Waals surface area contributed by atoms with Gasteiger partial charge < -0.3 is 14.6 Å². The second kappa shape index (κ2) is 5.80. The molecule has 0 aromatic carbocycles. The number of hydrogen-bond donors (Lipinski definition) is 1. The maximum absolute atomic E-state index is 5.81. The molecule has 0 radical (unpaired) electrons. The first-order chi connectivity index (χ1) is 8.55. The average molecular weight is 253 g/mol. The van der Waals surface area contributed by atoms with Crippen LogP contribution in [0.1, 0.15) is 45.3 Å². The van der Waals surface area contributed by atoms with Crippen molar-refractivity contribution in [2.24, 2.45) is 0 Å².